The first-order chi connectivity index (χ1) is 7.27. The molecule has 0 aliphatic heterocycles. The number of carbonyl (C=O) groups is 1. The lowest BCUT2D eigenvalue weighted by molar-refractivity contribution is -0.137. The number of carboxylic acids is 1. The van der Waals surface area contributed by atoms with E-state index < -0.39 is 5.97 Å². The molecule has 0 aromatic carbocycles. The van der Waals surface area contributed by atoms with Gasteiger partial charge in [-0.1, -0.05) is 54.0 Å². The second-order valence-corrected chi connectivity index (χ2v) is 4.73. The molecule has 0 rings (SSSR count). The van der Waals surface area contributed by atoms with Gasteiger partial charge in [0.2, 0.25) is 0 Å². The van der Waals surface area contributed by atoms with Crippen molar-refractivity contribution in [3.63, 3.8) is 0 Å². The van der Waals surface area contributed by atoms with Gasteiger partial charge in [-0.2, -0.15) is 0 Å². The Kier molecular flexibility index (Phi) is 12.0. The molecule has 0 amide bonds. The van der Waals surface area contributed by atoms with Gasteiger partial charge >= 0.3 is 5.97 Å². The zero-order chi connectivity index (χ0) is 11.4. The van der Waals surface area contributed by atoms with Crippen molar-refractivity contribution < 1.29 is 9.90 Å². The molecule has 0 aliphatic rings. The monoisotopic (exact) mass is 324 g/mol. The van der Waals surface area contributed by atoms with Gasteiger partial charge in [-0.3, -0.25) is 4.79 Å². The lowest BCUT2D eigenvalue weighted by Gasteiger charge is -1.98. The average Bonchev–Trinajstić information content (AvgIpc) is 2.20. The van der Waals surface area contributed by atoms with Gasteiger partial charge in [0.05, 0.1) is 0 Å². The molecule has 1 N–H and O–H groups in total. The van der Waals surface area contributed by atoms with E-state index in [1.807, 2.05) is 0 Å². The second kappa shape index (κ2) is 12.0. The van der Waals surface area contributed by atoms with Gasteiger partial charge in [0.25, 0.3) is 0 Å². The molecule has 0 radical (unpaired) electrons. The fourth-order valence-electron chi connectivity index (χ4n) is 1.37. The third kappa shape index (κ3) is 13.9. The van der Waals surface area contributed by atoms with Gasteiger partial charge < -0.3 is 5.11 Å². The van der Waals surface area contributed by atoms with Crippen molar-refractivity contribution in [2.45, 2.75) is 51.4 Å². The van der Waals surface area contributed by atoms with Crippen LogP contribution >= 0.6 is 22.6 Å². The first kappa shape index (κ1) is 14.9. The Balaban J connectivity index is 3.01. The van der Waals surface area contributed by atoms with Crippen molar-refractivity contribution in [1.82, 2.24) is 0 Å². The maximum absolute atomic E-state index is 10.2. The Morgan fingerprint density at radius 1 is 1.00 bits per heavy atom. The molecular weight excluding hydrogens is 303 g/mol. The van der Waals surface area contributed by atoms with E-state index >= 15 is 0 Å². The minimum Gasteiger partial charge on any atom is -0.481 e. The molecule has 0 heterocycles. The van der Waals surface area contributed by atoms with Crippen LogP contribution in [0.25, 0.3) is 0 Å². The standard InChI is InChI=1S/C12H21IO2/c13-11-9-7-5-3-1-2-4-6-8-10-12(14)15/h5,7H,1-4,6,8-11H2,(H,14,15)/b7-5-. The molecule has 0 atom stereocenters. The maximum atomic E-state index is 10.2. The van der Waals surface area contributed by atoms with E-state index in [4.69, 9.17) is 5.11 Å². The average molecular weight is 324 g/mol. The van der Waals surface area contributed by atoms with Gasteiger partial charge in [-0.05, 0) is 25.7 Å². The number of hydrogen-bond acceptors (Lipinski definition) is 1. The van der Waals surface area contributed by atoms with E-state index in [0.717, 1.165) is 12.8 Å². The minimum absolute atomic E-state index is 0.329. The fourth-order valence-corrected chi connectivity index (χ4v) is 1.73. The third-order valence-electron chi connectivity index (χ3n) is 2.20. The van der Waals surface area contributed by atoms with Crippen molar-refractivity contribution >= 4 is 28.6 Å². The van der Waals surface area contributed by atoms with Crippen LogP contribution in [0.5, 0.6) is 0 Å². The van der Waals surface area contributed by atoms with Gasteiger partial charge in [-0.15, -0.1) is 0 Å². The number of halogens is 1. The van der Waals surface area contributed by atoms with Crippen LogP contribution in [0.2, 0.25) is 0 Å². The van der Waals surface area contributed by atoms with Crippen molar-refractivity contribution in [3.05, 3.63) is 12.2 Å². The predicted octanol–water partition coefficient (Wildman–Crippen LogP) is 4.18. The second-order valence-electron chi connectivity index (χ2n) is 3.65. The van der Waals surface area contributed by atoms with Crippen molar-refractivity contribution in [3.8, 4) is 0 Å². The van der Waals surface area contributed by atoms with Crippen LogP contribution in [0.1, 0.15) is 51.4 Å². The first-order valence-electron chi connectivity index (χ1n) is 5.70. The van der Waals surface area contributed by atoms with Crippen LogP contribution in [0.15, 0.2) is 12.2 Å². The van der Waals surface area contributed by atoms with Crippen LogP contribution in [-0.4, -0.2) is 15.5 Å². The molecule has 0 bridgehead atoms. The van der Waals surface area contributed by atoms with E-state index in [0.29, 0.717) is 6.42 Å². The number of carboxylic acid groups (broad SMARTS) is 1. The number of aliphatic carboxylic acids is 1. The first-order valence-corrected chi connectivity index (χ1v) is 7.22. The Morgan fingerprint density at radius 3 is 2.27 bits per heavy atom. The smallest absolute Gasteiger partial charge is 0.303 e. The Bertz CT molecular complexity index is 178. The third-order valence-corrected chi connectivity index (χ3v) is 2.83. The minimum atomic E-state index is -0.670. The Labute approximate surface area is 106 Å². The quantitative estimate of drug-likeness (QED) is 0.283. The molecule has 3 heteroatoms. The van der Waals surface area contributed by atoms with E-state index in [9.17, 15) is 4.79 Å². The zero-order valence-electron chi connectivity index (χ0n) is 9.25. The molecular formula is C12H21IO2. The van der Waals surface area contributed by atoms with Gasteiger partial charge in [0.1, 0.15) is 0 Å². The molecule has 0 aromatic rings. The van der Waals surface area contributed by atoms with Crippen LogP contribution in [0.3, 0.4) is 0 Å². The van der Waals surface area contributed by atoms with E-state index in [2.05, 4.69) is 34.7 Å². The molecule has 0 aromatic heterocycles. The highest BCUT2D eigenvalue weighted by molar-refractivity contribution is 14.1. The molecule has 0 spiro atoms. The summed E-state index contributed by atoms with van der Waals surface area (Å²) in [4.78, 5) is 10.2. The Morgan fingerprint density at radius 2 is 1.60 bits per heavy atom. The molecule has 0 unspecified atom stereocenters. The summed E-state index contributed by atoms with van der Waals surface area (Å²) in [5, 5.41) is 8.43. The van der Waals surface area contributed by atoms with Gasteiger partial charge in [-0.25, -0.2) is 0 Å². The predicted molar refractivity (Wildman–Crippen MR) is 72.6 cm³/mol. The number of alkyl halides is 1. The highest BCUT2D eigenvalue weighted by Gasteiger charge is 1.95. The molecule has 0 saturated carbocycles. The maximum Gasteiger partial charge on any atom is 0.303 e. The SMILES string of the molecule is O=C(O)CCCCCCC/C=C\CCI. The Hall–Kier alpha value is -0.0600. The van der Waals surface area contributed by atoms with Crippen molar-refractivity contribution in [2.75, 3.05) is 4.43 Å². The number of rotatable bonds is 10. The topological polar surface area (TPSA) is 37.3 Å². The summed E-state index contributed by atoms with van der Waals surface area (Å²) < 4.78 is 1.20. The lowest BCUT2D eigenvalue weighted by Crippen LogP contribution is -1.93. The summed E-state index contributed by atoms with van der Waals surface area (Å²) in [5.74, 6) is -0.670. The highest BCUT2D eigenvalue weighted by Crippen LogP contribution is 2.07. The molecule has 88 valence electrons. The summed E-state index contributed by atoms with van der Waals surface area (Å²) in [6.45, 7) is 0. The number of allylic oxidation sites excluding steroid dienone is 2. The van der Waals surface area contributed by atoms with Crippen LogP contribution in [-0.2, 0) is 4.79 Å². The van der Waals surface area contributed by atoms with Gasteiger partial charge in [0, 0.05) is 10.8 Å². The summed E-state index contributed by atoms with van der Waals surface area (Å²) in [6.07, 6.45) is 12.7. The van der Waals surface area contributed by atoms with Crippen LogP contribution in [0.4, 0.5) is 0 Å². The molecule has 15 heavy (non-hydrogen) atoms. The molecule has 0 fully saturated rings. The van der Waals surface area contributed by atoms with E-state index in [1.54, 1.807) is 0 Å². The lowest BCUT2D eigenvalue weighted by atomic mass is 10.1. The summed E-state index contributed by atoms with van der Waals surface area (Å²) in [5.41, 5.74) is 0. The number of unbranched alkanes of at least 4 members (excludes halogenated alkanes) is 5. The summed E-state index contributed by atoms with van der Waals surface area (Å²) in [6, 6.07) is 0. The van der Waals surface area contributed by atoms with E-state index in [-0.39, 0.29) is 0 Å². The van der Waals surface area contributed by atoms with Gasteiger partial charge in [0.15, 0.2) is 0 Å². The van der Waals surface area contributed by atoms with E-state index in [1.165, 1.54) is 36.5 Å². The highest BCUT2D eigenvalue weighted by atomic mass is 127. The summed E-state index contributed by atoms with van der Waals surface area (Å²) in [7, 11) is 0. The van der Waals surface area contributed by atoms with Crippen molar-refractivity contribution in [1.29, 1.82) is 0 Å². The van der Waals surface area contributed by atoms with Crippen molar-refractivity contribution in [2.24, 2.45) is 0 Å². The molecule has 2 nitrogen and oxygen atoms in total. The zero-order valence-corrected chi connectivity index (χ0v) is 11.4. The largest absolute Gasteiger partial charge is 0.481 e. The molecule has 0 aliphatic carbocycles. The normalized spacial score (nSPS) is 11.0. The fraction of sp³-hybridized carbons (Fsp3) is 0.750. The summed E-state index contributed by atoms with van der Waals surface area (Å²) >= 11 is 2.38. The number of hydrogen-bond donors (Lipinski definition) is 1. The molecule has 0 saturated heterocycles. The van der Waals surface area contributed by atoms with Crippen LogP contribution < -0.4 is 0 Å². The van der Waals surface area contributed by atoms with Crippen LogP contribution in [0, 0.1) is 0 Å².